The van der Waals surface area contributed by atoms with Gasteiger partial charge in [-0.25, -0.2) is 0 Å². The molecular weight excluding hydrogens is 753 g/mol. The molecule has 0 aliphatic heterocycles. The zero-order valence-corrected chi connectivity index (χ0v) is 35.2. The summed E-state index contributed by atoms with van der Waals surface area (Å²) in [5, 5.41) is 8.88. The minimum absolute atomic E-state index is 0.257. The number of carbonyl (C=O) groups is 4. The maximum absolute atomic E-state index is 13.9. The van der Waals surface area contributed by atoms with Gasteiger partial charge >= 0.3 is 0 Å². The molecule has 0 bridgehead atoms. The molecule has 2 aromatic carbocycles. The summed E-state index contributed by atoms with van der Waals surface area (Å²) >= 11 is 0. The molecule has 4 heterocycles. The molecule has 0 unspecified atom stereocenters. The number of amides is 4. The number of nitrogens with two attached hydrogens (primary N) is 2. The quantitative estimate of drug-likeness (QED) is 0.121. The SMILES string of the molecule is CCCCOc1cc(C(N)=O)cc2c1n(C/C(C)=C(\C)Cn1c(=NC(=O)c3cc(C)nn3CC)n(C)c3cc(C(N)=O)ccc31)c(=NC(=O)c1cc(C)nn1CC)n2C. The van der Waals surface area contributed by atoms with Gasteiger partial charge in [-0.1, -0.05) is 24.5 Å². The number of unbranched alkanes of at least 4 members (excludes halogenated alkanes) is 1. The monoisotopic (exact) mass is 804 g/mol. The number of hydrogen-bond acceptors (Lipinski definition) is 7. The summed E-state index contributed by atoms with van der Waals surface area (Å²) in [5.41, 5.74) is 19.2. The van der Waals surface area contributed by atoms with Gasteiger partial charge in [-0.2, -0.15) is 20.2 Å². The number of allylic oxidation sites excluding steroid dienone is 2. The van der Waals surface area contributed by atoms with Crippen LogP contribution in [-0.2, 0) is 40.3 Å². The largest absolute Gasteiger partial charge is 0.491 e. The van der Waals surface area contributed by atoms with Crippen LogP contribution in [0.4, 0.5) is 0 Å². The van der Waals surface area contributed by atoms with Crippen LogP contribution in [0.1, 0.15) is 101 Å². The van der Waals surface area contributed by atoms with E-state index >= 15 is 0 Å². The van der Waals surface area contributed by atoms with Gasteiger partial charge in [0.05, 0.1) is 34.5 Å². The third-order valence-corrected chi connectivity index (χ3v) is 10.5. The number of rotatable bonds is 14. The predicted octanol–water partition coefficient (Wildman–Crippen LogP) is 4.22. The first-order valence-corrected chi connectivity index (χ1v) is 19.6. The topological polar surface area (TPSA) is 210 Å². The molecule has 0 spiro atoms. The lowest BCUT2D eigenvalue weighted by atomic mass is 10.1. The third kappa shape index (κ3) is 8.17. The van der Waals surface area contributed by atoms with Crippen LogP contribution in [0.15, 0.2) is 63.6 Å². The van der Waals surface area contributed by atoms with E-state index in [1.807, 2.05) is 50.7 Å². The number of ether oxygens (including phenoxy) is 1. The van der Waals surface area contributed by atoms with E-state index in [-0.39, 0.29) is 12.1 Å². The number of fused-ring (bicyclic) bond motifs is 2. The molecule has 4 aromatic heterocycles. The highest BCUT2D eigenvalue weighted by atomic mass is 16.5. The fraction of sp³-hybridized carbons (Fsp3) is 0.381. The van der Waals surface area contributed by atoms with E-state index in [1.165, 1.54) is 0 Å². The molecule has 17 nitrogen and oxygen atoms in total. The summed E-state index contributed by atoms with van der Waals surface area (Å²) < 4.78 is 16.9. The van der Waals surface area contributed by atoms with Crippen LogP contribution in [0.5, 0.6) is 5.75 Å². The second kappa shape index (κ2) is 17.0. The average molecular weight is 805 g/mol. The van der Waals surface area contributed by atoms with Crippen molar-refractivity contribution in [3.05, 3.63) is 98.7 Å². The van der Waals surface area contributed by atoms with Crippen molar-refractivity contribution in [2.45, 2.75) is 87.5 Å². The summed E-state index contributed by atoms with van der Waals surface area (Å²) in [6.07, 6.45) is 1.67. The summed E-state index contributed by atoms with van der Waals surface area (Å²) in [4.78, 5) is 61.8. The van der Waals surface area contributed by atoms with Crippen molar-refractivity contribution >= 4 is 45.7 Å². The van der Waals surface area contributed by atoms with E-state index in [4.69, 9.17) is 16.2 Å². The van der Waals surface area contributed by atoms with Crippen molar-refractivity contribution in [3.8, 4) is 5.75 Å². The molecule has 0 aliphatic rings. The second-order valence-corrected chi connectivity index (χ2v) is 14.7. The molecule has 0 saturated heterocycles. The summed E-state index contributed by atoms with van der Waals surface area (Å²) in [7, 11) is 3.57. The lowest BCUT2D eigenvalue weighted by Gasteiger charge is -2.14. The Kier molecular flexibility index (Phi) is 12.0. The smallest absolute Gasteiger partial charge is 0.298 e. The molecule has 4 amide bonds. The number of nitrogens with zero attached hydrogens (tertiary/aromatic N) is 10. The number of aryl methyl sites for hydroxylation is 6. The van der Waals surface area contributed by atoms with Gasteiger partial charge in [0.2, 0.25) is 23.1 Å². The highest BCUT2D eigenvalue weighted by Crippen LogP contribution is 2.29. The van der Waals surface area contributed by atoms with Gasteiger partial charge in [0.25, 0.3) is 11.8 Å². The summed E-state index contributed by atoms with van der Waals surface area (Å²) in [6, 6.07) is 11.9. The predicted molar refractivity (Wildman–Crippen MR) is 223 cm³/mol. The van der Waals surface area contributed by atoms with Gasteiger partial charge in [0, 0.05) is 51.4 Å². The fourth-order valence-corrected chi connectivity index (χ4v) is 7.19. The van der Waals surface area contributed by atoms with Gasteiger partial charge in [0.15, 0.2) is 0 Å². The van der Waals surface area contributed by atoms with Crippen molar-refractivity contribution in [1.29, 1.82) is 0 Å². The molecule has 310 valence electrons. The third-order valence-electron chi connectivity index (χ3n) is 10.5. The van der Waals surface area contributed by atoms with E-state index in [0.717, 1.165) is 29.5 Å². The Morgan fingerprint density at radius 2 is 1.19 bits per heavy atom. The first-order chi connectivity index (χ1) is 28.1. The number of aromatic nitrogens is 8. The maximum Gasteiger partial charge on any atom is 0.298 e. The number of imidazole rings is 2. The number of carbonyl (C=O) groups excluding carboxylic acids is 4. The Morgan fingerprint density at radius 3 is 1.71 bits per heavy atom. The Hall–Kier alpha value is -6.78. The zero-order chi connectivity index (χ0) is 42.9. The first-order valence-electron chi connectivity index (χ1n) is 19.6. The highest BCUT2D eigenvalue weighted by molar-refractivity contribution is 5.99. The van der Waals surface area contributed by atoms with Crippen LogP contribution in [0.2, 0.25) is 0 Å². The highest BCUT2D eigenvalue weighted by Gasteiger charge is 2.22. The molecule has 6 aromatic rings. The minimum Gasteiger partial charge on any atom is -0.491 e. The van der Waals surface area contributed by atoms with Gasteiger partial charge in [-0.05, 0) is 90.4 Å². The molecule has 0 fully saturated rings. The van der Waals surface area contributed by atoms with Crippen LogP contribution in [0.3, 0.4) is 0 Å². The van der Waals surface area contributed by atoms with Crippen molar-refractivity contribution < 1.29 is 23.9 Å². The molecule has 0 aliphatic carbocycles. The molecule has 17 heteroatoms. The number of hydrogen-bond donors (Lipinski definition) is 2. The van der Waals surface area contributed by atoms with Gasteiger partial charge < -0.3 is 34.5 Å². The van der Waals surface area contributed by atoms with E-state index in [0.29, 0.717) is 88.1 Å². The fourth-order valence-electron chi connectivity index (χ4n) is 7.19. The molecule has 59 heavy (non-hydrogen) atoms. The second-order valence-electron chi connectivity index (χ2n) is 14.7. The van der Waals surface area contributed by atoms with Crippen molar-refractivity contribution in [1.82, 2.24) is 37.8 Å². The summed E-state index contributed by atoms with van der Waals surface area (Å²) in [6.45, 7) is 15.4. The normalized spacial score (nSPS) is 12.8. The van der Waals surface area contributed by atoms with Crippen LogP contribution < -0.4 is 27.4 Å². The average Bonchev–Trinajstić information content (AvgIpc) is 3.93. The van der Waals surface area contributed by atoms with Gasteiger partial charge in [0.1, 0.15) is 22.7 Å². The van der Waals surface area contributed by atoms with Crippen molar-refractivity contribution in [3.63, 3.8) is 0 Å². The lowest BCUT2D eigenvalue weighted by Crippen LogP contribution is -2.28. The van der Waals surface area contributed by atoms with E-state index in [9.17, 15) is 19.2 Å². The molecular formula is C42H52N12O5. The van der Waals surface area contributed by atoms with E-state index in [2.05, 4.69) is 27.1 Å². The van der Waals surface area contributed by atoms with Crippen LogP contribution in [0.25, 0.3) is 22.1 Å². The molecule has 0 radical (unpaired) electrons. The Balaban J connectivity index is 1.55. The lowest BCUT2D eigenvalue weighted by molar-refractivity contribution is 0.0977. The van der Waals surface area contributed by atoms with Crippen molar-refractivity contribution in [2.24, 2.45) is 35.5 Å². The van der Waals surface area contributed by atoms with Crippen molar-refractivity contribution in [2.75, 3.05) is 6.61 Å². The molecule has 0 atom stereocenters. The summed E-state index contributed by atoms with van der Waals surface area (Å²) in [5.74, 6) is -1.71. The van der Waals surface area contributed by atoms with E-state index in [1.54, 1.807) is 75.1 Å². The van der Waals surface area contributed by atoms with Crippen LogP contribution in [0, 0.1) is 13.8 Å². The van der Waals surface area contributed by atoms with Crippen LogP contribution >= 0.6 is 0 Å². The standard InChI is InChI=1S/C42H52N12O5/c1-10-13-16-59-35-21-29(38(44)56)20-32-36(35)52(42(50(32)9)46-40(58)34-18-27(7)48-54(34)12-3)23-25(5)24(4)22-51-30-15-14-28(37(43)55)19-31(30)49(8)41(51)45-39(57)33-17-26(6)47-53(33)11-2/h14-15,17-21H,10-13,16,22-23H2,1-9H3,(H2,43,55)(H2,44,56)/b25-24+,45-41?,46-42?. The van der Waals surface area contributed by atoms with Crippen LogP contribution in [-0.4, -0.2) is 68.1 Å². The minimum atomic E-state index is -0.618. The number of benzene rings is 2. The van der Waals surface area contributed by atoms with Gasteiger partial charge in [-0.3, -0.25) is 28.5 Å². The Morgan fingerprint density at radius 1 is 0.678 bits per heavy atom. The molecule has 4 N–H and O–H groups in total. The maximum atomic E-state index is 13.9. The van der Waals surface area contributed by atoms with E-state index < -0.39 is 23.6 Å². The first kappa shape index (κ1) is 41.8. The Labute approximate surface area is 340 Å². The zero-order valence-electron chi connectivity index (χ0n) is 35.2. The van der Waals surface area contributed by atoms with Gasteiger partial charge in [-0.15, -0.1) is 0 Å². The number of primary amides is 2. The molecule has 6 rings (SSSR count). The Bertz CT molecular complexity index is 2830. The molecule has 0 saturated carbocycles.